The number of aryl methyl sites for hydroxylation is 1. The SMILES string of the molecule is CC[C@@H](C(=O)NC1CCCCC1)N(Cc1ccc(F)cc1)C(=O)CN(c1cccc(C)c1C)S(=O)(=O)c1ccccc1. The zero-order valence-electron chi connectivity index (χ0n) is 24.6. The fraction of sp³-hybridized carbons (Fsp3) is 0.394. The second kappa shape index (κ2) is 14.0. The minimum absolute atomic E-state index is 0.0295. The van der Waals surface area contributed by atoms with Crippen LogP contribution in [0, 0.1) is 19.7 Å². The smallest absolute Gasteiger partial charge is 0.264 e. The van der Waals surface area contributed by atoms with Gasteiger partial charge in [0.2, 0.25) is 11.8 Å². The van der Waals surface area contributed by atoms with E-state index in [0.717, 1.165) is 47.5 Å². The maximum absolute atomic E-state index is 14.2. The first kappa shape index (κ1) is 31.2. The third-order valence-electron chi connectivity index (χ3n) is 8.06. The summed E-state index contributed by atoms with van der Waals surface area (Å²) in [6.45, 7) is 5.07. The van der Waals surface area contributed by atoms with Gasteiger partial charge in [-0.1, -0.05) is 68.7 Å². The minimum atomic E-state index is -4.14. The van der Waals surface area contributed by atoms with Crippen LogP contribution >= 0.6 is 0 Å². The highest BCUT2D eigenvalue weighted by Gasteiger charge is 2.35. The van der Waals surface area contributed by atoms with Gasteiger partial charge < -0.3 is 10.2 Å². The van der Waals surface area contributed by atoms with Gasteiger partial charge in [-0.05, 0) is 80.1 Å². The molecule has 0 saturated heterocycles. The summed E-state index contributed by atoms with van der Waals surface area (Å²) >= 11 is 0. The molecule has 1 aliphatic rings. The largest absolute Gasteiger partial charge is 0.352 e. The maximum Gasteiger partial charge on any atom is 0.264 e. The Hall–Kier alpha value is -3.72. The van der Waals surface area contributed by atoms with Gasteiger partial charge in [0.15, 0.2) is 0 Å². The van der Waals surface area contributed by atoms with Crippen molar-refractivity contribution in [3.05, 3.63) is 95.3 Å². The molecular weight excluding hydrogens is 553 g/mol. The highest BCUT2D eigenvalue weighted by molar-refractivity contribution is 7.92. The molecule has 0 heterocycles. The number of benzene rings is 3. The van der Waals surface area contributed by atoms with Gasteiger partial charge in [-0.25, -0.2) is 12.8 Å². The zero-order valence-corrected chi connectivity index (χ0v) is 25.4. The number of halogens is 1. The zero-order chi connectivity index (χ0) is 30.3. The van der Waals surface area contributed by atoms with Crippen LogP contribution in [0.25, 0.3) is 0 Å². The average molecular weight is 594 g/mol. The van der Waals surface area contributed by atoms with Crippen molar-refractivity contribution in [1.29, 1.82) is 0 Å². The van der Waals surface area contributed by atoms with E-state index in [9.17, 15) is 22.4 Å². The number of nitrogens with one attached hydrogen (secondary N) is 1. The van der Waals surface area contributed by atoms with Crippen LogP contribution in [0.1, 0.15) is 62.1 Å². The maximum atomic E-state index is 14.2. The first-order chi connectivity index (χ1) is 20.1. The van der Waals surface area contributed by atoms with Gasteiger partial charge in [0.25, 0.3) is 10.0 Å². The first-order valence-corrected chi connectivity index (χ1v) is 16.0. The van der Waals surface area contributed by atoms with Crippen LogP contribution in [0.4, 0.5) is 10.1 Å². The minimum Gasteiger partial charge on any atom is -0.352 e. The summed E-state index contributed by atoms with van der Waals surface area (Å²) in [5.41, 5.74) is 2.65. The third-order valence-corrected chi connectivity index (χ3v) is 9.83. The lowest BCUT2D eigenvalue weighted by atomic mass is 9.95. The Labute approximate surface area is 248 Å². The molecule has 0 radical (unpaired) electrons. The van der Waals surface area contributed by atoms with Crippen LogP contribution in [0.5, 0.6) is 0 Å². The fourth-order valence-electron chi connectivity index (χ4n) is 5.49. The molecular formula is C33H40FN3O4S. The number of sulfonamides is 1. The Morgan fingerprint density at radius 3 is 2.24 bits per heavy atom. The second-order valence-electron chi connectivity index (χ2n) is 11.0. The Morgan fingerprint density at radius 2 is 1.60 bits per heavy atom. The van der Waals surface area contributed by atoms with Crippen LogP contribution in [0.3, 0.4) is 0 Å². The van der Waals surface area contributed by atoms with Gasteiger partial charge in [-0.3, -0.25) is 13.9 Å². The Morgan fingerprint density at radius 1 is 0.929 bits per heavy atom. The lowest BCUT2D eigenvalue weighted by Gasteiger charge is -2.35. The number of rotatable bonds is 11. The van der Waals surface area contributed by atoms with E-state index in [1.54, 1.807) is 42.5 Å². The van der Waals surface area contributed by atoms with Gasteiger partial charge >= 0.3 is 0 Å². The number of nitrogens with zero attached hydrogens (tertiary/aromatic N) is 2. The van der Waals surface area contributed by atoms with E-state index in [1.165, 1.54) is 29.2 Å². The Bertz CT molecular complexity index is 1470. The predicted molar refractivity (Wildman–Crippen MR) is 163 cm³/mol. The number of carbonyl (C=O) groups is 2. The summed E-state index contributed by atoms with van der Waals surface area (Å²) in [7, 11) is -4.14. The summed E-state index contributed by atoms with van der Waals surface area (Å²) in [4.78, 5) is 29.3. The van der Waals surface area contributed by atoms with Crippen molar-refractivity contribution in [3.8, 4) is 0 Å². The molecule has 1 fully saturated rings. The van der Waals surface area contributed by atoms with Gasteiger partial charge in [0, 0.05) is 12.6 Å². The van der Waals surface area contributed by atoms with E-state index >= 15 is 0 Å². The summed E-state index contributed by atoms with van der Waals surface area (Å²) in [5, 5.41) is 3.13. The molecule has 3 aromatic carbocycles. The van der Waals surface area contributed by atoms with Crippen LogP contribution in [-0.4, -0.2) is 43.8 Å². The summed E-state index contributed by atoms with van der Waals surface area (Å²) in [6.07, 6.45) is 5.35. The van der Waals surface area contributed by atoms with E-state index in [0.29, 0.717) is 17.7 Å². The monoisotopic (exact) mass is 593 g/mol. The van der Waals surface area contributed by atoms with Crippen molar-refractivity contribution in [2.24, 2.45) is 0 Å². The summed E-state index contributed by atoms with van der Waals surface area (Å²) in [5.74, 6) is -1.19. The van der Waals surface area contributed by atoms with Crippen LogP contribution in [0.15, 0.2) is 77.7 Å². The quantitative estimate of drug-likeness (QED) is 0.300. The second-order valence-corrected chi connectivity index (χ2v) is 12.8. The summed E-state index contributed by atoms with van der Waals surface area (Å²) in [6, 6.07) is 18.3. The molecule has 4 rings (SSSR count). The van der Waals surface area contributed by atoms with Crippen LogP contribution in [0.2, 0.25) is 0 Å². The van der Waals surface area contributed by atoms with Gasteiger partial charge in [0.05, 0.1) is 10.6 Å². The lowest BCUT2D eigenvalue weighted by Crippen LogP contribution is -2.54. The van der Waals surface area contributed by atoms with E-state index in [4.69, 9.17) is 0 Å². The molecule has 1 saturated carbocycles. The molecule has 1 N–H and O–H groups in total. The Balaban J connectivity index is 1.72. The highest BCUT2D eigenvalue weighted by Crippen LogP contribution is 2.29. The van der Waals surface area contributed by atoms with E-state index in [2.05, 4.69) is 5.32 Å². The summed E-state index contributed by atoms with van der Waals surface area (Å²) < 4.78 is 42.9. The standard InChI is InChI=1S/C33H40FN3O4S/c1-4-30(33(39)35-28-13-7-5-8-14-28)36(22-26-18-20-27(34)21-19-26)32(38)23-37(31-17-11-12-24(2)25(31)3)42(40,41)29-15-9-6-10-16-29/h6,9-12,15-21,28,30H,4-5,7-8,13-14,22-23H2,1-3H3,(H,35,39)/t30-/m0/s1. The number of carbonyl (C=O) groups excluding carboxylic acids is 2. The van der Waals surface area contributed by atoms with Crippen molar-refractivity contribution >= 4 is 27.5 Å². The molecule has 0 aromatic heterocycles. The molecule has 7 nitrogen and oxygen atoms in total. The highest BCUT2D eigenvalue weighted by atomic mass is 32.2. The number of anilines is 1. The first-order valence-electron chi connectivity index (χ1n) is 14.6. The number of hydrogen-bond donors (Lipinski definition) is 1. The third kappa shape index (κ3) is 7.37. The van der Waals surface area contributed by atoms with Gasteiger partial charge in [-0.2, -0.15) is 0 Å². The van der Waals surface area contributed by atoms with Gasteiger partial charge in [-0.15, -0.1) is 0 Å². The molecule has 0 spiro atoms. The molecule has 0 aliphatic heterocycles. The topological polar surface area (TPSA) is 86.8 Å². The van der Waals surface area contributed by atoms with Crippen LogP contribution < -0.4 is 9.62 Å². The van der Waals surface area contributed by atoms with Crippen molar-refractivity contribution < 1.29 is 22.4 Å². The molecule has 224 valence electrons. The Kier molecular flexibility index (Phi) is 10.4. The normalized spacial score (nSPS) is 14.7. The van der Waals surface area contributed by atoms with Crippen LogP contribution in [-0.2, 0) is 26.2 Å². The molecule has 1 atom stereocenters. The average Bonchev–Trinajstić information content (AvgIpc) is 2.99. The van der Waals surface area contributed by atoms with Crippen molar-refractivity contribution in [3.63, 3.8) is 0 Å². The fourth-order valence-corrected chi connectivity index (χ4v) is 6.98. The molecule has 9 heteroatoms. The molecule has 0 bridgehead atoms. The predicted octanol–water partition coefficient (Wildman–Crippen LogP) is 5.89. The lowest BCUT2D eigenvalue weighted by molar-refractivity contribution is -0.140. The molecule has 3 aromatic rings. The number of hydrogen-bond acceptors (Lipinski definition) is 4. The molecule has 42 heavy (non-hydrogen) atoms. The molecule has 2 amide bonds. The molecule has 1 aliphatic carbocycles. The van der Waals surface area contributed by atoms with Crippen molar-refractivity contribution in [1.82, 2.24) is 10.2 Å². The molecule has 0 unspecified atom stereocenters. The van der Waals surface area contributed by atoms with E-state index < -0.39 is 34.3 Å². The number of amides is 2. The van der Waals surface area contributed by atoms with E-state index in [1.807, 2.05) is 26.8 Å². The van der Waals surface area contributed by atoms with Gasteiger partial charge in [0.1, 0.15) is 18.4 Å². The van der Waals surface area contributed by atoms with Crippen molar-refractivity contribution in [2.45, 2.75) is 82.8 Å². The van der Waals surface area contributed by atoms with Crippen molar-refractivity contribution in [2.75, 3.05) is 10.8 Å². The van der Waals surface area contributed by atoms with E-state index in [-0.39, 0.29) is 23.4 Å².